The van der Waals surface area contributed by atoms with Crippen LogP contribution in [-0.2, 0) is 9.59 Å². The van der Waals surface area contributed by atoms with Gasteiger partial charge in [0.25, 0.3) is 0 Å². The molecule has 1 rings (SSSR count). The molecule has 1 aromatic carbocycles. The molecule has 0 unspecified atom stereocenters. The van der Waals surface area contributed by atoms with Gasteiger partial charge in [-0.15, -0.1) is 0 Å². The van der Waals surface area contributed by atoms with Crippen molar-refractivity contribution in [2.24, 2.45) is 0 Å². The molecule has 0 heterocycles. The van der Waals surface area contributed by atoms with E-state index in [0.717, 1.165) is 24.2 Å². The van der Waals surface area contributed by atoms with Gasteiger partial charge < -0.3 is 15.5 Å². The number of nitrogens with one attached hydrogen (secondary N) is 2. The van der Waals surface area contributed by atoms with Gasteiger partial charge in [0.2, 0.25) is 11.8 Å². The first-order valence-electron chi connectivity index (χ1n) is 7.17. The molecule has 0 aliphatic carbocycles. The Kier molecular flexibility index (Phi) is 6.88. The van der Waals surface area contributed by atoms with Crippen LogP contribution in [0.2, 0.25) is 0 Å². The van der Waals surface area contributed by atoms with Crippen LogP contribution in [0, 0.1) is 13.8 Å². The molecule has 0 fully saturated rings. The van der Waals surface area contributed by atoms with Crippen LogP contribution in [0.1, 0.15) is 24.0 Å². The first-order valence-corrected chi connectivity index (χ1v) is 7.17. The number of benzene rings is 1. The van der Waals surface area contributed by atoms with Gasteiger partial charge in [0.1, 0.15) is 6.42 Å². The number of carbonyl (C=O) groups excluding carboxylic acids is 2. The summed E-state index contributed by atoms with van der Waals surface area (Å²) in [6.07, 6.45) is 0.729. The van der Waals surface area contributed by atoms with Crippen LogP contribution in [0.15, 0.2) is 18.2 Å². The van der Waals surface area contributed by atoms with E-state index < -0.39 is 0 Å². The monoisotopic (exact) mass is 291 g/mol. The van der Waals surface area contributed by atoms with Crippen molar-refractivity contribution in [2.75, 3.05) is 32.5 Å². The van der Waals surface area contributed by atoms with Gasteiger partial charge in [-0.05, 0) is 64.2 Å². The van der Waals surface area contributed by atoms with E-state index >= 15 is 0 Å². The van der Waals surface area contributed by atoms with Gasteiger partial charge in [0.05, 0.1) is 0 Å². The lowest BCUT2D eigenvalue weighted by Gasteiger charge is -2.10. The SMILES string of the molecule is Cc1ccc(NC(=O)CC(=O)NCCCN(C)C)cc1C. The number of amides is 2. The van der Waals surface area contributed by atoms with Crippen LogP contribution >= 0.6 is 0 Å². The Hall–Kier alpha value is -1.88. The lowest BCUT2D eigenvalue weighted by atomic mass is 10.1. The van der Waals surface area contributed by atoms with E-state index in [1.165, 1.54) is 5.56 Å². The molecule has 0 aromatic heterocycles. The van der Waals surface area contributed by atoms with Gasteiger partial charge >= 0.3 is 0 Å². The maximum atomic E-state index is 11.8. The Bertz CT molecular complexity index is 498. The molecule has 0 radical (unpaired) electrons. The quantitative estimate of drug-likeness (QED) is 0.594. The summed E-state index contributed by atoms with van der Waals surface area (Å²) in [4.78, 5) is 25.5. The molecule has 21 heavy (non-hydrogen) atoms. The van der Waals surface area contributed by atoms with Crippen molar-refractivity contribution in [3.8, 4) is 0 Å². The molecule has 0 aliphatic rings. The predicted molar refractivity (Wildman–Crippen MR) is 85.3 cm³/mol. The molecule has 2 N–H and O–H groups in total. The zero-order valence-electron chi connectivity index (χ0n) is 13.3. The third kappa shape index (κ3) is 6.90. The first kappa shape index (κ1) is 17.2. The molecule has 5 heteroatoms. The first-order chi connectivity index (χ1) is 9.88. The number of rotatable bonds is 7. The van der Waals surface area contributed by atoms with E-state index in [0.29, 0.717) is 6.54 Å². The molecule has 0 spiro atoms. The standard InChI is InChI=1S/C16H25N3O2/c1-12-6-7-14(10-13(12)2)18-16(21)11-15(20)17-8-5-9-19(3)4/h6-7,10H,5,8-9,11H2,1-4H3,(H,17,20)(H,18,21). The van der Waals surface area contributed by atoms with Gasteiger partial charge in [-0.2, -0.15) is 0 Å². The average molecular weight is 291 g/mol. The summed E-state index contributed by atoms with van der Waals surface area (Å²) in [5, 5.41) is 5.49. The summed E-state index contributed by atoms with van der Waals surface area (Å²) in [5.41, 5.74) is 3.01. The minimum Gasteiger partial charge on any atom is -0.356 e. The lowest BCUT2D eigenvalue weighted by molar-refractivity contribution is -0.126. The summed E-state index contributed by atoms with van der Waals surface area (Å²) in [6.45, 7) is 5.51. The van der Waals surface area contributed by atoms with Gasteiger partial charge in [0, 0.05) is 12.2 Å². The van der Waals surface area contributed by atoms with Crippen molar-refractivity contribution in [2.45, 2.75) is 26.7 Å². The second kappa shape index (κ2) is 8.42. The Labute approximate surface area is 126 Å². The fraction of sp³-hybridized carbons (Fsp3) is 0.500. The molecule has 5 nitrogen and oxygen atoms in total. The normalized spacial score (nSPS) is 10.5. The molecular weight excluding hydrogens is 266 g/mol. The molecule has 0 atom stereocenters. The lowest BCUT2D eigenvalue weighted by Crippen LogP contribution is -2.30. The minimum absolute atomic E-state index is 0.144. The van der Waals surface area contributed by atoms with E-state index in [9.17, 15) is 9.59 Å². The Morgan fingerprint density at radius 3 is 2.43 bits per heavy atom. The van der Waals surface area contributed by atoms with Crippen LogP contribution in [-0.4, -0.2) is 43.9 Å². The molecule has 1 aromatic rings. The number of anilines is 1. The van der Waals surface area contributed by atoms with Gasteiger partial charge in [-0.25, -0.2) is 0 Å². The summed E-state index contributed by atoms with van der Waals surface area (Å²) < 4.78 is 0. The Balaban J connectivity index is 2.32. The van der Waals surface area contributed by atoms with Crippen molar-refractivity contribution in [3.63, 3.8) is 0 Å². The number of aryl methyl sites for hydroxylation is 2. The Morgan fingerprint density at radius 2 is 1.81 bits per heavy atom. The highest BCUT2D eigenvalue weighted by molar-refractivity contribution is 6.03. The van der Waals surface area contributed by atoms with Crippen molar-refractivity contribution in [1.82, 2.24) is 10.2 Å². The van der Waals surface area contributed by atoms with Crippen molar-refractivity contribution in [1.29, 1.82) is 0 Å². The van der Waals surface area contributed by atoms with Gasteiger partial charge in [-0.3, -0.25) is 9.59 Å². The fourth-order valence-corrected chi connectivity index (χ4v) is 1.86. The Morgan fingerprint density at radius 1 is 1.10 bits per heavy atom. The van der Waals surface area contributed by atoms with Crippen molar-refractivity contribution < 1.29 is 9.59 Å². The summed E-state index contributed by atoms with van der Waals surface area (Å²) in [6, 6.07) is 5.70. The molecule has 2 amide bonds. The highest BCUT2D eigenvalue weighted by atomic mass is 16.2. The zero-order chi connectivity index (χ0) is 15.8. The minimum atomic E-state index is -0.289. The van der Waals surface area contributed by atoms with Crippen LogP contribution in [0.25, 0.3) is 0 Å². The summed E-state index contributed by atoms with van der Waals surface area (Å²) in [5.74, 6) is -0.529. The number of hydrogen-bond donors (Lipinski definition) is 2. The van der Waals surface area contributed by atoms with Gasteiger partial charge in [0.15, 0.2) is 0 Å². The maximum absolute atomic E-state index is 11.8. The smallest absolute Gasteiger partial charge is 0.233 e. The predicted octanol–water partition coefficient (Wildman–Crippen LogP) is 1.70. The molecule has 0 saturated heterocycles. The number of nitrogens with zero attached hydrogens (tertiary/aromatic N) is 1. The molecule has 0 bridgehead atoms. The van der Waals surface area contributed by atoms with E-state index in [1.807, 2.05) is 46.1 Å². The highest BCUT2D eigenvalue weighted by Gasteiger charge is 2.09. The van der Waals surface area contributed by atoms with E-state index in [1.54, 1.807) is 0 Å². The zero-order valence-corrected chi connectivity index (χ0v) is 13.3. The van der Waals surface area contributed by atoms with Gasteiger partial charge in [-0.1, -0.05) is 6.07 Å². The van der Waals surface area contributed by atoms with Crippen LogP contribution in [0.5, 0.6) is 0 Å². The highest BCUT2D eigenvalue weighted by Crippen LogP contribution is 2.14. The van der Waals surface area contributed by atoms with E-state index in [4.69, 9.17) is 0 Å². The average Bonchev–Trinajstić information content (AvgIpc) is 2.38. The third-order valence-electron chi connectivity index (χ3n) is 3.22. The largest absolute Gasteiger partial charge is 0.356 e. The summed E-state index contributed by atoms with van der Waals surface area (Å²) in [7, 11) is 3.97. The topological polar surface area (TPSA) is 61.4 Å². The van der Waals surface area contributed by atoms with E-state index in [2.05, 4.69) is 15.5 Å². The van der Waals surface area contributed by atoms with Crippen molar-refractivity contribution >= 4 is 17.5 Å². The van der Waals surface area contributed by atoms with Crippen LogP contribution in [0.3, 0.4) is 0 Å². The summed E-state index contributed by atoms with van der Waals surface area (Å²) >= 11 is 0. The van der Waals surface area contributed by atoms with Crippen molar-refractivity contribution in [3.05, 3.63) is 29.3 Å². The second-order valence-electron chi connectivity index (χ2n) is 5.53. The van der Waals surface area contributed by atoms with Crippen LogP contribution in [0.4, 0.5) is 5.69 Å². The van der Waals surface area contributed by atoms with E-state index in [-0.39, 0.29) is 18.2 Å². The molecule has 0 saturated carbocycles. The number of hydrogen-bond acceptors (Lipinski definition) is 3. The molecule has 0 aliphatic heterocycles. The second-order valence-corrected chi connectivity index (χ2v) is 5.53. The molecular formula is C16H25N3O2. The maximum Gasteiger partial charge on any atom is 0.233 e. The molecule has 116 valence electrons. The third-order valence-corrected chi connectivity index (χ3v) is 3.22. The number of carbonyl (C=O) groups is 2. The fourth-order valence-electron chi connectivity index (χ4n) is 1.86. The van der Waals surface area contributed by atoms with Crippen LogP contribution < -0.4 is 10.6 Å².